The van der Waals surface area contributed by atoms with Crippen molar-refractivity contribution in [3.8, 4) is 0 Å². The molecule has 0 atom stereocenters. The molecule has 9 heteroatoms. The Labute approximate surface area is 177 Å². The number of anilines is 4. The summed E-state index contributed by atoms with van der Waals surface area (Å²) in [5, 5.41) is 6.38. The number of benzene rings is 2. The van der Waals surface area contributed by atoms with Gasteiger partial charge < -0.3 is 19.8 Å². The van der Waals surface area contributed by atoms with E-state index in [9.17, 15) is 9.59 Å². The van der Waals surface area contributed by atoms with Crippen LogP contribution in [-0.2, 0) is 4.74 Å². The zero-order valence-corrected chi connectivity index (χ0v) is 17.5. The van der Waals surface area contributed by atoms with Crippen molar-refractivity contribution in [3.63, 3.8) is 0 Å². The van der Waals surface area contributed by atoms with Crippen molar-refractivity contribution in [1.82, 2.24) is 15.0 Å². The van der Waals surface area contributed by atoms with Crippen LogP contribution in [0.2, 0.25) is 0 Å². The van der Waals surface area contributed by atoms with Crippen LogP contribution in [0.15, 0.2) is 45.7 Å². The number of hydrogen-bond acceptors (Lipinski definition) is 8. The Morgan fingerprint density at radius 1 is 1.06 bits per heavy atom. The van der Waals surface area contributed by atoms with Gasteiger partial charge in [-0.05, 0) is 62.2 Å². The van der Waals surface area contributed by atoms with Gasteiger partial charge in [0.1, 0.15) is 5.82 Å². The highest BCUT2D eigenvalue weighted by Crippen LogP contribution is 2.25. The zero-order chi connectivity index (χ0) is 22.1. The first kappa shape index (κ1) is 20.1. The van der Waals surface area contributed by atoms with Gasteiger partial charge in [-0.15, -0.1) is 0 Å². The lowest BCUT2D eigenvalue weighted by molar-refractivity contribution is 0.0600. The number of carbonyl (C=O) groups excluding carboxylic acids is 1. The van der Waals surface area contributed by atoms with Crippen LogP contribution >= 0.6 is 0 Å². The molecule has 158 valence electrons. The van der Waals surface area contributed by atoms with Gasteiger partial charge in [0.05, 0.1) is 18.2 Å². The minimum Gasteiger partial charge on any atom is -0.465 e. The molecule has 0 fully saturated rings. The Bertz CT molecular complexity index is 1360. The first-order valence-corrected chi connectivity index (χ1v) is 9.54. The van der Waals surface area contributed by atoms with Gasteiger partial charge in [0, 0.05) is 23.1 Å². The smallest absolute Gasteiger partial charge is 0.417 e. The van der Waals surface area contributed by atoms with Crippen molar-refractivity contribution >= 4 is 40.2 Å². The number of aromatic nitrogens is 3. The quantitative estimate of drug-likeness (QED) is 0.413. The number of methoxy groups -OCH3 is 1. The van der Waals surface area contributed by atoms with E-state index in [0.29, 0.717) is 34.1 Å². The molecule has 9 nitrogen and oxygen atoms in total. The molecule has 3 N–H and O–H groups in total. The molecule has 2 aromatic carbocycles. The predicted octanol–water partition coefficient (Wildman–Crippen LogP) is 4.11. The van der Waals surface area contributed by atoms with E-state index in [1.54, 1.807) is 30.5 Å². The maximum absolute atomic E-state index is 12.1. The number of carbonyl (C=O) groups is 1. The second kappa shape index (κ2) is 7.94. The summed E-state index contributed by atoms with van der Waals surface area (Å²) in [5.41, 5.74) is 5.60. The van der Waals surface area contributed by atoms with Crippen LogP contribution in [-0.4, -0.2) is 28.0 Å². The first-order valence-electron chi connectivity index (χ1n) is 9.54. The first-order chi connectivity index (χ1) is 14.8. The molecule has 0 spiro atoms. The lowest BCUT2D eigenvalue weighted by Gasteiger charge is -2.13. The normalized spacial score (nSPS) is 10.8. The van der Waals surface area contributed by atoms with Crippen molar-refractivity contribution in [2.45, 2.75) is 20.8 Å². The largest absolute Gasteiger partial charge is 0.465 e. The number of nitrogens with zero attached hydrogens (tertiary/aromatic N) is 2. The van der Waals surface area contributed by atoms with E-state index in [1.165, 1.54) is 7.11 Å². The Morgan fingerprint density at radius 2 is 1.87 bits per heavy atom. The Hall–Kier alpha value is -4.14. The maximum atomic E-state index is 12.1. The molecule has 0 aliphatic rings. The SMILES string of the molecule is COC(=O)c1cc(Nc2ncc(C)c(Nc3ccc4oc(=O)[nH]c4c3)n2)cc(C)c1C. The summed E-state index contributed by atoms with van der Waals surface area (Å²) >= 11 is 0. The van der Waals surface area contributed by atoms with Crippen molar-refractivity contribution in [2.75, 3.05) is 17.7 Å². The zero-order valence-electron chi connectivity index (χ0n) is 17.5. The fraction of sp³-hybridized carbons (Fsp3) is 0.182. The maximum Gasteiger partial charge on any atom is 0.417 e. The summed E-state index contributed by atoms with van der Waals surface area (Å²) in [5.74, 6) is 0.0605. The Kier molecular flexibility index (Phi) is 5.16. The number of aryl methyl sites for hydroxylation is 2. The van der Waals surface area contributed by atoms with Crippen molar-refractivity contribution in [3.05, 3.63) is 69.3 Å². The van der Waals surface area contributed by atoms with Gasteiger partial charge in [-0.25, -0.2) is 14.6 Å². The average molecular weight is 419 g/mol. The van der Waals surface area contributed by atoms with Crippen LogP contribution in [0.3, 0.4) is 0 Å². The number of oxazole rings is 1. The van der Waals surface area contributed by atoms with Crippen molar-refractivity contribution in [2.24, 2.45) is 0 Å². The number of hydrogen-bond donors (Lipinski definition) is 3. The summed E-state index contributed by atoms with van der Waals surface area (Å²) in [6, 6.07) is 8.89. The van der Waals surface area contributed by atoms with E-state index in [2.05, 4.69) is 25.6 Å². The third-order valence-corrected chi connectivity index (χ3v) is 4.98. The molecule has 2 aromatic heterocycles. The minimum atomic E-state index is -0.503. The fourth-order valence-electron chi connectivity index (χ4n) is 3.18. The van der Waals surface area contributed by atoms with Crippen LogP contribution in [0, 0.1) is 20.8 Å². The second-order valence-electron chi connectivity index (χ2n) is 7.16. The molecule has 4 aromatic rings. The van der Waals surface area contributed by atoms with Crippen LogP contribution in [0.5, 0.6) is 0 Å². The molecule has 0 bridgehead atoms. The Balaban J connectivity index is 1.62. The van der Waals surface area contributed by atoms with E-state index in [1.807, 2.05) is 26.8 Å². The monoisotopic (exact) mass is 419 g/mol. The van der Waals surface area contributed by atoms with E-state index in [4.69, 9.17) is 9.15 Å². The molecule has 0 aliphatic carbocycles. The van der Waals surface area contributed by atoms with E-state index in [-0.39, 0.29) is 0 Å². The second-order valence-corrected chi connectivity index (χ2v) is 7.16. The number of H-pyrrole nitrogens is 1. The number of fused-ring (bicyclic) bond motifs is 1. The fourth-order valence-corrected chi connectivity index (χ4v) is 3.18. The molecule has 2 heterocycles. The molecule has 4 rings (SSSR count). The van der Waals surface area contributed by atoms with Crippen molar-refractivity contribution < 1.29 is 13.9 Å². The highest BCUT2D eigenvalue weighted by atomic mass is 16.5. The van der Waals surface area contributed by atoms with E-state index >= 15 is 0 Å². The van der Waals surface area contributed by atoms with Gasteiger partial charge in [-0.2, -0.15) is 4.98 Å². The number of rotatable bonds is 5. The van der Waals surface area contributed by atoms with Crippen molar-refractivity contribution in [1.29, 1.82) is 0 Å². The molecule has 0 saturated heterocycles. The average Bonchev–Trinajstić information content (AvgIpc) is 3.11. The van der Waals surface area contributed by atoms with Gasteiger partial charge in [0.25, 0.3) is 0 Å². The van der Waals surface area contributed by atoms with Gasteiger partial charge in [0.2, 0.25) is 5.95 Å². The van der Waals surface area contributed by atoms with Crippen LogP contribution < -0.4 is 16.4 Å². The third kappa shape index (κ3) is 4.11. The van der Waals surface area contributed by atoms with Gasteiger partial charge in [-0.3, -0.25) is 4.98 Å². The lowest BCUT2D eigenvalue weighted by Crippen LogP contribution is -2.07. The van der Waals surface area contributed by atoms with E-state index in [0.717, 1.165) is 22.4 Å². The summed E-state index contributed by atoms with van der Waals surface area (Å²) in [6.45, 7) is 5.68. The van der Waals surface area contributed by atoms with Gasteiger partial charge >= 0.3 is 11.7 Å². The standard InChI is InChI=1S/C22H21N5O4/c1-11-7-15(8-16(13(11)3)20(28)30-4)25-21-23-10-12(2)19(27-21)24-14-5-6-18-17(9-14)26-22(29)31-18/h5-10H,1-4H3,(H,26,29)(H2,23,24,25,27). The van der Waals surface area contributed by atoms with Gasteiger partial charge in [0.15, 0.2) is 5.58 Å². The number of nitrogens with one attached hydrogen (secondary N) is 3. The highest BCUT2D eigenvalue weighted by Gasteiger charge is 2.14. The van der Waals surface area contributed by atoms with Crippen LogP contribution in [0.1, 0.15) is 27.0 Å². The highest BCUT2D eigenvalue weighted by molar-refractivity contribution is 5.92. The number of ether oxygens (including phenoxy) is 1. The third-order valence-electron chi connectivity index (χ3n) is 4.98. The van der Waals surface area contributed by atoms with Crippen LogP contribution in [0.4, 0.5) is 23.1 Å². The topological polar surface area (TPSA) is 122 Å². The molecular weight excluding hydrogens is 398 g/mol. The summed E-state index contributed by atoms with van der Waals surface area (Å²) in [4.78, 5) is 34.9. The molecule has 0 aliphatic heterocycles. The molecule has 0 radical (unpaired) electrons. The van der Waals surface area contributed by atoms with Crippen LogP contribution in [0.25, 0.3) is 11.1 Å². The summed E-state index contributed by atoms with van der Waals surface area (Å²) in [7, 11) is 1.36. The minimum absolute atomic E-state index is 0.366. The summed E-state index contributed by atoms with van der Waals surface area (Å²) in [6.07, 6.45) is 1.69. The molecule has 0 amide bonds. The molecular formula is C22H21N5O4. The van der Waals surface area contributed by atoms with E-state index < -0.39 is 11.7 Å². The molecule has 0 saturated carbocycles. The number of aromatic amines is 1. The Morgan fingerprint density at radius 3 is 2.65 bits per heavy atom. The number of esters is 1. The molecule has 0 unspecified atom stereocenters. The van der Waals surface area contributed by atoms with Gasteiger partial charge in [-0.1, -0.05) is 0 Å². The lowest BCUT2D eigenvalue weighted by atomic mass is 10.0. The predicted molar refractivity (Wildman–Crippen MR) is 117 cm³/mol. The molecule has 31 heavy (non-hydrogen) atoms. The summed E-state index contributed by atoms with van der Waals surface area (Å²) < 4.78 is 9.90.